The zero-order valence-electron chi connectivity index (χ0n) is 24.0. The number of carbonyl (C=O) groups excluding carboxylic acids is 3. The first-order valence-electron chi connectivity index (χ1n) is 14.1. The van der Waals surface area contributed by atoms with Crippen molar-refractivity contribution in [1.29, 1.82) is 0 Å². The summed E-state index contributed by atoms with van der Waals surface area (Å²) in [6.07, 6.45) is 2.35. The molecule has 0 radical (unpaired) electrons. The second-order valence-electron chi connectivity index (χ2n) is 10.8. The molecular weight excluding hydrogens is 648 g/mol. The van der Waals surface area contributed by atoms with Crippen molar-refractivity contribution >= 4 is 52.3 Å². The second kappa shape index (κ2) is 14.4. The lowest BCUT2D eigenvalue weighted by molar-refractivity contribution is -0.138. The number of nitrogens with zero attached hydrogens (tertiary/aromatic N) is 1. The van der Waals surface area contributed by atoms with Crippen LogP contribution in [0.1, 0.15) is 75.0 Å². The number of hydrogen-bond acceptors (Lipinski definition) is 7. The molecule has 1 saturated carbocycles. The van der Waals surface area contributed by atoms with Gasteiger partial charge in [-0.25, -0.2) is 19.4 Å². The van der Waals surface area contributed by atoms with E-state index >= 15 is 0 Å². The molecule has 5 atom stereocenters. The largest absolute Gasteiger partial charge is 0.760 e. The van der Waals surface area contributed by atoms with Crippen molar-refractivity contribution in [2.45, 2.75) is 56.3 Å². The van der Waals surface area contributed by atoms with Gasteiger partial charge >= 0.3 is 5.97 Å². The molecule has 0 bridgehead atoms. The molecule has 1 fully saturated rings. The molecule has 2 amide bonds. The summed E-state index contributed by atoms with van der Waals surface area (Å²) < 4.78 is 45.5. The molecule has 2 aliphatic rings. The van der Waals surface area contributed by atoms with Gasteiger partial charge in [0.15, 0.2) is 0 Å². The van der Waals surface area contributed by atoms with Crippen LogP contribution in [0, 0.1) is 5.82 Å². The molecule has 3 aromatic carbocycles. The molecule has 14 heteroatoms. The summed E-state index contributed by atoms with van der Waals surface area (Å²) in [5.41, 5.74) is 3.87. The molecule has 10 nitrogen and oxygen atoms in total. The lowest BCUT2D eigenvalue weighted by Crippen LogP contribution is -2.58. The van der Waals surface area contributed by atoms with Gasteiger partial charge in [-0.2, -0.15) is 0 Å². The molecule has 2 N–H and O–H groups in total. The fraction of sp³-hybridized carbons (Fsp3) is 0.323. The van der Waals surface area contributed by atoms with Crippen LogP contribution >= 0.6 is 23.2 Å². The van der Waals surface area contributed by atoms with Crippen LogP contribution in [0.4, 0.5) is 4.39 Å². The Balaban J connectivity index is 1.56. The van der Waals surface area contributed by atoms with Gasteiger partial charge in [0, 0.05) is 39.0 Å². The van der Waals surface area contributed by atoms with E-state index in [0.29, 0.717) is 41.0 Å². The van der Waals surface area contributed by atoms with E-state index in [4.69, 9.17) is 32.8 Å². The van der Waals surface area contributed by atoms with Crippen molar-refractivity contribution in [2.24, 2.45) is 0 Å². The van der Waals surface area contributed by atoms with Crippen LogP contribution in [-0.4, -0.2) is 50.6 Å². The predicted octanol–water partition coefficient (Wildman–Crippen LogP) is 5.14. The third-order valence-electron chi connectivity index (χ3n) is 8.09. The highest BCUT2D eigenvalue weighted by molar-refractivity contribution is 7.77. The number of nitrogens with one attached hydrogen (secondary N) is 2. The first-order valence-corrected chi connectivity index (χ1v) is 15.9. The Morgan fingerprint density at radius 2 is 1.84 bits per heavy atom. The average molecular weight is 678 g/mol. The van der Waals surface area contributed by atoms with E-state index in [1.165, 1.54) is 24.1 Å². The number of esters is 1. The molecule has 45 heavy (non-hydrogen) atoms. The van der Waals surface area contributed by atoms with Crippen LogP contribution < -0.4 is 10.2 Å². The summed E-state index contributed by atoms with van der Waals surface area (Å²) >= 11 is 10.3. The Morgan fingerprint density at radius 1 is 1.07 bits per heavy atom. The van der Waals surface area contributed by atoms with Crippen LogP contribution in [0.2, 0.25) is 10.0 Å². The number of benzene rings is 3. The van der Waals surface area contributed by atoms with Gasteiger partial charge in [0.1, 0.15) is 5.82 Å². The van der Waals surface area contributed by atoms with Crippen molar-refractivity contribution < 1.29 is 37.1 Å². The minimum atomic E-state index is -2.62. The minimum absolute atomic E-state index is 0.0937. The Bertz CT molecular complexity index is 1640. The topological polar surface area (TPSA) is 137 Å². The van der Waals surface area contributed by atoms with Crippen LogP contribution in [-0.2, 0) is 32.2 Å². The number of hydroxylamine groups is 1. The van der Waals surface area contributed by atoms with Gasteiger partial charge in [-0.3, -0.25) is 18.6 Å². The summed E-state index contributed by atoms with van der Waals surface area (Å²) in [5.74, 6) is -3.62. The van der Waals surface area contributed by atoms with Crippen molar-refractivity contribution in [3.05, 3.63) is 104 Å². The van der Waals surface area contributed by atoms with Crippen LogP contribution in [0.3, 0.4) is 0 Å². The fourth-order valence-corrected chi connectivity index (χ4v) is 7.20. The maximum atomic E-state index is 14.7. The van der Waals surface area contributed by atoms with Crippen LogP contribution in [0.5, 0.6) is 0 Å². The van der Waals surface area contributed by atoms with Gasteiger partial charge in [-0.15, -0.1) is 0 Å². The number of amides is 2. The molecule has 0 aromatic heterocycles. The molecular formula is C31H29Cl2FN3O7S-. The summed E-state index contributed by atoms with van der Waals surface area (Å²) in [7, 11) is 1.26. The highest BCUT2D eigenvalue weighted by Crippen LogP contribution is 2.48. The highest BCUT2D eigenvalue weighted by Gasteiger charge is 2.49. The van der Waals surface area contributed by atoms with Gasteiger partial charge in [0.05, 0.1) is 31.2 Å². The summed E-state index contributed by atoms with van der Waals surface area (Å²) in [4.78, 5) is 47.3. The van der Waals surface area contributed by atoms with Crippen molar-refractivity contribution in [3.63, 3.8) is 0 Å². The predicted molar refractivity (Wildman–Crippen MR) is 163 cm³/mol. The lowest BCUT2D eigenvalue weighted by Gasteiger charge is -2.49. The number of carbonyl (C=O) groups is 3. The van der Waals surface area contributed by atoms with E-state index < -0.39 is 58.9 Å². The number of methoxy groups -OCH3 is 1. The van der Waals surface area contributed by atoms with Crippen LogP contribution in [0.25, 0.3) is 0 Å². The number of halogens is 3. The van der Waals surface area contributed by atoms with Gasteiger partial charge in [0.25, 0.3) is 11.8 Å². The minimum Gasteiger partial charge on any atom is -0.760 e. The smallest absolute Gasteiger partial charge is 0.337 e. The third kappa shape index (κ3) is 7.21. The molecule has 0 saturated heterocycles. The monoisotopic (exact) mass is 676 g/mol. The van der Waals surface area contributed by atoms with E-state index in [1.54, 1.807) is 36.4 Å². The first kappa shape index (κ1) is 33.0. The molecule has 1 aliphatic carbocycles. The van der Waals surface area contributed by atoms with Crippen molar-refractivity contribution in [2.75, 3.05) is 7.11 Å². The van der Waals surface area contributed by atoms with Gasteiger partial charge in [-0.05, 0) is 72.0 Å². The Morgan fingerprint density at radius 3 is 2.58 bits per heavy atom. The van der Waals surface area contributed by atoms with Gasteiger partial charge < -0.3 is 14.2 Å². The van der Waals surface area contributed by atoms with Crippen molar-refractivity contribution in [1.82, 2.24) is 15.1 Å². The summed E-state index contributed by atoms with van der Waals surface area (Å²) in [6.45, 7) is -0.127. The average Bonchev–Trinajstić information content (AvgIpc) is 3.01. The Hall–Kier alpha value is -3.39. The molecule has 3 aromatic rings. The number of ether oxygens (including phenoxy) is 1. The molecule has 1 unspecified atom stereocenters. The van der Waals surface area contributed by atoms with Crippen LogP contribution in [0.15, 0.2) is 60.7 Å². The first-order chi connectivity index (χ1) is 21.6. The quantitative estimate of drug-likeness (QED) is 0.182. The van der Waals surface area contributed by atoms with E-state index in [0.717, 1.165) is 18.6 Å². The SMILES string of the molecule is COC(=O)c1cccc(CONC(=O)[C@@H]2c3cc(F)ccc3C(=O)N([C@H]3CCCC[C@@H]3NS(=O)[O-])[C@H]2c2ccc(Cl)cc2Cl)c1. The molecule has 238 valence electrons. The number of rotatable bonds is 9. The zero-order valence-corrected chi connectivity index (χ0v) is 26.3. The Kier molecular flexibility index (Phi) is 10.5. The van der Waals surface area contributed by atoms with E-state index in [1.807, 2.05) is 0 Å². The van der Waals surface area contributed by atoms with E-state index in [9.17, 15) is 27.5 Å². The molecule has 0 spiro atoms. The fourth-order valence-electron chi connectivity index (χ4n) is 6.16. The Labute approximate surface area is 271 Å². The number of hydrogen-bond donors (Lipinski definition) is 2. The zero-order chi connectivity index (χ0) is 32.2. The van der Waals surface area contributed by atoms with Gasteiger partial charge in [0.2, 0.25) is 0 Å². The maximum Gasteiger partial charge on any atom is 0.337 e. The molecule has 1 heterocycles. The number of fused-ring (bicyclic) bond motifs is 1. The van der Waals surface area contributed by atoms with Crippen molar-refractivity contribution in [3.8, 4) is 0 Å². The van der Waals surface area contributed by atoms with E-state index in [-0.39, 0.29) is 22.8 Å². The third-order valence-corrected chi connectivity index (χ3v) is 9.14. The second-order valence-corrected chi connectivity index (χ2v) is 12.3. The standard InChI is InChI=1S/C31H30Cl2FN3O7S/c1-43-31(40)18-6-4-5-17(13-18)16-44-35-29(38)27-23-15-20(34)10-12-21(23)30(39)37(26-8-3-2-7-25(26)36-45(41)42)28(27)22-11-9-19(32)14-24(22)33/h4-6,9-15,25-28,36H,2-3,7-8,16H2,1H3,(H,35,38)(H,41,42)/p-1/t25-,26-,27+,28-/m0/s1. The highest BCUT2D eigenvalue weighted by atomic mass is 35.5. The summed E-state index contributed by atoms with van der Waals surface area (Å²) in [5, 5.41) is 0.484. The summed E-state index contributed by atoms with van der Waals surface area (Å²) in [6, 6.07) is 12.3. The molecule has 1 aliphatic heterocycles. The van der Waals surface area contributed by atoms with E-state index in [2.05, 4.69) is 10.2 Å². The normalized spacial score (nSPS) is 22.0. The van der Waals surface area contributed by atoms with Gasteiger partial charge in [-0.1, -0.05) is 54.2 Å². The maximum absolute atomic E-state index is 14.7. The molecule has 5 rings (SSSR count). The lowest BCUT2D eigenvalue weighted by atomic mass is 9.76.